The molecule has 0 amide bonds. The number of nitrogens with two attached hydrogens (primary N) is 1. The van der Waals surface area contributed by atoms with Gasteiger partial charge in [0.1, 0.15) is 5.82 Å². The third-order valence-corrected chi connectivity index (χ3v) is 2.52. The Kier molecular flexibility index (Phi) is 2.90. The monoisotopic (exact) mass is 216 g/mol. The minimum Gasteiger partial charge on any atom is -0.368 e. The molecule has 2 N–H and O–H groups in total. The van der Waals surface area contributed by atoms with Crippen LogP contribution in [0.5, 0.6) is 0 Å². The Bertz CT molecular complexity index is 495. The lowest BCUT2D eigenvalue weighted by Crippen LogP contribution is -2.20. The van der Waals surface area contributed by atoms with E-state index in [-0.39, 0.29) is 0 Å². The van der Waals surface area contributed by atoms with Crippen molar-refractivity contribution < 1.29 is 0 Å². The fourth-order valence-corrected chi connectivity index (χ4v) is 1.81. The lowest BCUT2D eigenvalue weighted by Gasteiger charge is -2.19. The van der Waals surface area contributed by atoms with Gasteiger partial charge in [-0.05, 0) is 18.6 Å². The number of nitrogens with zero attached hydrogens (tertiary/aromatic N) is 3. The summed E-state index contributed by atoms with van der Waals surface area (Å²) in [5.74, 6) is 1.24. The van der Waals surface area contributed by atoms with Gasteiger partial charge >= 0.3 is 0 Å². The number of rotatable bonds is 3. The van der Waals surface area contributed by atoms with Crippen molar-refractivity contribution in [1.29, 1.82) is 0 Å². The summed E-state index contributed by atoms with van der Waals surface area (Å²) in [6.45, 7) is 3.10. The minimum atomic E-state index is 0.330. The highest BCUT2D eigenvalue weighted by Crippen LogP contribution is 2.23. The van der Waals surface area contributed by atoms with E-state index >= 15 is 0 Å². The first-order chi connectivity index (χ1) is 7.72. The van der Waals surface area contributed by atoms with E-state index < -0.39 is 0 Å². The van der Waals surface area contributed by atoms with Crippen LogP contribution < -0.4 is 10.6 Å². The molecule has 0 bridgehead atoms. The topological polar surface area (TPSA) is 55.0 Å². The standard InChI is InChI=1S/C12H16N4/c1-3-8-16(2)11-9-6-4-5-7-10(9)14-12(13)15-11/h4-7H,3,8H2,1-2H3,(H2,13,14,15). The van der Waals surface area contributed by atoms with Gasteiger partial charge in [-0.3, -0.25) is 0 Å². The van der Waals surface area contributed by atoms with E-state index in [1.807, 2.05) is 31.3 Å². The highest BCUT2D eigenvalue weighted by atomic mass is 15.2. The molecule has 0 spiro atoms. The van der Waals surface area contributed by atoms with Crippen molar-refractivity contribution in [2.45, 2.75) is 13.3 Å². The predicted molar refractivity (Wildman–Crippen MR) is 67.5 cm³/mol. The summed E-state index contributed by atoms with van der Waals surface area (Å²) >= 11 is 0. The highest BCUT2D eigenvalue weighted by molar-refractivity contribution is 5.90. The van der Waals surface area contributed by atoms with E-state index in [0.717, 1.165) is 29.7 Å². The second-order valence-electron chi connectivity index (χ2n) is 3.84. The van der Waals surface area contributed by atoms with Gasteiger partial charge < -0.3 is 10.6 Å². The first-order valence-corrected chi connectivity index (χ1v) is 5.45. The van der Waals surface area contributed by atoms with Crippen LogP contribution in [-0.4, -0.2) is 23.6 Å². The van der Waals surface area contributed by atoms with Gasteiger partial charge in [-0.1, -0.05) is 19.1 Å². The molecule has 0 aliphatic rings. The second kappa shape index (κ2) is 4.35. The Hall–Kier alpha value is -1.84. The summed E-state index contributed by atoms with van der Waals surface area (Å²) < 4.78 is 0. The Morgan fingerprint density at radius 3 is 2.75 bits per heavy atom. The highest BCUT2D eigenvalue weighted by Gasteiger charge is 2.08. The molecule has 0 atom stereocenters. The van der Waals surface area contributed by atoms with Crippen molar-refractivity contribution in [1.82, 2.24) is 9.97 Å². The molecule has 0 saturated heterocycles. The molecule has 4 heteroatoms. The van der Waals surface area contributed by atoms with Crippen LogP contribution in [0.2, 0.25) is 0 Å². The number of nitrogen functional groups attached to an aromatic ring is 1. The van der Waals surface area contributed by atoms with Gasteiger partial charge in [0.05, 0.1) is 5.52 Å². The number of hydrogen-bond donors (Lipinski definition) is 1. The fourth-order valence-electron chi connectivity index (χ4n) is 1.81. The zero-order valence-electron chi connectivity index (χ0n) is 9.64. The molecule has 84 valence electrons. The summed E-state index contributed by atoms with van der Waals surface area (Å²) in [5, 5.41) is 1.05. The van der Waals surface area contributed by atoms with Gasteiger partial charge in [-0.2, -0.15) is 4.98 Å². The Balaban J connectivity index is 2.58. The van der Waals surface area contributed by atoms with E-state index in [1.54, 1.807) is 0 Å². The third-order valence-electron chi connectivity index (χ3n) is 2.52. The van der Waals surface area contributed by atoms with Crippen LogP contribution in [0.1, 0.15) is 13.3 Å². The van der Waals surface area contributed by atoms with E-state index in [1.165, 1.54) is 0 Å². The fraction of sp³-hybridized carbons (Fsp3) is 0.333. The molecule has 0 fully saturated rings. The zero-order valence-corrected chi connectivity index (χ0v) is 9.64. The number of fused-ring (bicyclic) bond motifs is 1. The van der Waals surface area contributed by atoms with Crippen LogP contribution in [0.4, 0.5) is 11.8 Å². The van der Waals surface area contributed by atoms with E-state index in [0.29, 0.717) is 5.95 Å². The average molecular weight is 216 g/mol. The smallest absolute Gasteiger partial charge is 0.222 e. The molecule has 1 aromatic carbocycles. The zero-order chi connectivity index (χ0) is 11.5. The molecule has 1 heterocycles. The van der Waals surface area contributed by atoms with Crippen molar-refractivity contribution >= 4 is 22.7 Å². The largest absolute Gasteiger partial charge is 0.368 e. The first kappa shape index (κ1) is 10.7. The molecule has 0 aliphatic heterocycles. The molecule has 4 nitrogen and oxygen atoms in total. The molecule has 1 aromatic heterocycles. The number of anilines is 2. The van der Waals surface area contributed by atoms with Crippen molar-refractivity contribution in [3.8, 4) is 0 Å². The molecule has 0 saturated carbocycles. The van der Waals surface area contributed by atoms with Gasteiger partial charge in [-0.15, -0.1) is 0 Å². The third kappa shape index (κ3) is 1.91. The maximum Gasteiger partial charge on any atom is 0.222 e. The average Bonchev–Trinajstić information content (AvgIpc) is 2.28. The maximum atomic E-state index is 5.71. The van der Waals surface area contributed by atoms with Crippen molar-refractivity contribution in [3.05, 3.63) is 24.3 Å². The summed E-state index contributed by atoms with van der Waals surface area (Å²) in [6, 6.07) is 7.93. The maximum absolute atomic E-state index is 5.71. The molecule has 0 aliphatic carbocycles. The van der Waals surface area contributed by atoms with Crippen LogP contribution in [0.25, 0.3) is 10.9 Å². The summed E-state index contributed by atoms with van der Waals surface area (Å²) in [6.07, 6.45) is 1.08. The van der Waals surface area contributed by atoms with E-state index in [4.69, 9.17) is 5.73 Å². The van der Waals surface area contributed by atoms with Crippen LogP contribution in [0, 0.1) is 0 Å². The van der Waals surface area contributed by atoms with Gasteiger partial charge in [0.15, 0.2) is 0 Å². The molecular weight excluding hydrogens is 200 g/mol. The lowest BCUT2D eigenvalue weighted by molar-refractivity contribution is 0.841. The van der Waals surface area contributed by atoms with Crippen molar-refractivity contribution in [3.63, 3.8) is 0 Å². The summed E-state index contributed by atoms with van der Waals surface area (Å²) in [5.41, 5.74) is 6.61. The van der Waals surface area contributed by atoms with E-state index in [2.05, 4.69) is 21.8 Å². The molecular formula is C12H16N4. The van der Waals surface area contributed by atoms with Crippen LogP contribution in [0.3, 0.4) is 0 Å². The first-order valence-electron chi connectivity index (χ1n) is 5.45. The van der Waals surface area contributed by atoms with Gasteiger partial charge in [0, 0.05) is 19.0 Å². The SMILES string of the molecule is CCCN(C)c1nc(N)nc2ccccc12. The predicted octanol–water partition coefficient (Wildman–Crippen LogP) is 2.06. The molecule has 0 radical (unpaired) electrons. The summed E-state index contributed by atoms with van der Waals surface area (Å²) in [7, 11) is 2.03. The lowest BCUT2D eigenvalue weighted by atomic mass is 10.2. The van der Waals surface area contributed by atoms with Crippen LogP contribution >= 0.6 is 0 Å². The Morgan fingerprint density at radius 2 is 2.00 bits per heavy atom. The molecule has 16 heavy (non-hydrogen) atoms. The van der Waals surface area contributed by atoms with Gasteiger partial charge in [0.25, 0.3) is 0 Å². The number of hydrogen-bond acceptors (Lipinski definition) is 4. The number of aromatic nitrogens is 2. The van der Waals surface area contributed by atoms with E-state index in [9.17, 15) is 0 Å². The second-order valence-corrected chi connectivity index (χ2v) is 3.84. The number of para-hydroxylation sites is 1. The van der Waals surface area contributed by atoms with Gasteiger partial charge in [-0.25, -0.2) is 4.98 Å². The Labute approximate surface area is 95.1 Å². The normalized spacial score (nSPS) is 10.6. The molecule has 0 unspecified atom stereocenters. The van der Waals surface area contributed by atoms with Gasteiger partial charge in [0.2, 0.25) is 5.95 Å². The van der Waals surface area contributed by atoms with Crippen LogP contribution in [0.15, 0.2) is 24.3 Å². The Morgan fingerprint density at radius 1 is 1.25 bits per heavy atom. The van der Waals surface area contributed by atoms with Crippen LogP contribution in [-0.2, 0) is 0 Å². The quantitative estimate of drug-likeness (QED) is 0.853. The molecule has 2 aromatic rings. The number of benzene rings is 1. The van der Waals surface area contributed by atoms with Crippen molar-refractivity contribution in [2.24, 2.45) is 0 Å². The van der Waals surface area contributed by atoms with Crippen molar-refractivity contribution in [2.75, 3.05) is 24.2 Å². The summed E-state index contributed by atoms with van der Waals surface area (Å²) in [4.78, 5) is 10.6. The molecule has 2 rings (SSSR count). The minimum absolute atomic E-state index is 0.330.